The van der Waals surface area contributed by atoms with Gasteiger partial charge in [0.2, 0.25) is 0 Å². The lowest BCUT2D eigenvalue weighted by Crippen LogP contribution is -2.47. The SMILES string of the molecule is CC(=O)c1cc([N+](=O)[O-])ccc1N1CCN(CCO)CC1. The summed E-state index contributed by atoms with van der Waals surface area (Å²) in [6, 6.07) is 4.43. The van der Waals surface area contributed by atoms with Crippen molar-refractivity contribution in [2.24, 2.45) is 0 Å². The summed E-state index contributed by atoms with van der Waals surface area (Å²) in [7, 11) is 0. The van der Waals surface area contributed by atoms with Gasteiger partial charge in [-0.05, 0) is 13.0 Å². The Morgan fingerprint density at radius 1 is 1.33 bits per heavy atom. The topological polar surface area (TPSA) is 86.9 Å². The monoisotopic (exact) mass is 293 g/mol. The standard InChI is InChI=1S/C14H19N3O4/c1-11(19)13-10-12(17(20)21)2-3-14(13)16-6-4-15(5-7-16)8-9-18/h2-3,10,18H,4-9H2,1H3. The van der Waals surface area contributed by atoms with E-state index < -0.39 is 4.92 Å². The maximum atomic E-state index is 11.8. The average molecular weight is 293 g/mol. The first-order valence-electron chi connectivity index (χ1n) is 6.90. The molecule has 0 radical (unpaired) electrons. The molecule has 0 unspecified atom stereocenters. The summed E-state index contributed by atoms with van der Waals surface area (Å²) in [5, 5.41) is 19.8. The summed E-state index contributed by atoms with van der Waals surface area (Å²) in [4.78, 5) is 26.3. The number of nitro groups is 1. The number of non-ortho nitro benzene ring substituents is 1. The summed E-state index contributed by atoms with van der Waals surface area (Å²) < 4.78 is 0. The zero-order valence-electron chi connectivity index (χ0n) is 12.0. The van der Waals surface area contributed by atoms with E-state index in [2.05, 4.69) is 9.80 Å². The van der Waals surface area contributed by atoms with Crippen molar-refractivity contribution in [3.63, 3.8) is 0 Å². The second-order valence-electron chi connectivity index (χ2n) is 5.07. The van der Waals surface area contributed by atoms with Crippen molar-refractivity contribution in [2.75, 3.05) is 44.2 Å². The molecule has 1 aliphatic heterocycles. The fourth-order valence-electron chi connectivity index (χ4n) is 2.55. The highest BCUT2D eigenvalue weighted by Crippen LogP contribution is 2.26. The number of Topliss-reactive ketones (excluding diaryl/α,β-unsaturated/α-hetero) is 1. The molecule has 1 saturated heterocycles. The molecule has 21 heavy (non-hydrogen) atoms. The lowest BCUT2D eigenvalue weighted by molar-refractivity contribution is -0.384. The minimum atomic E-state index is -0.491. The molecule has 1 heterocycles. The number of benzene rings is 1. The molecule has 1 aromatic rings. The molecule has 1 N–H and O–H groups in total. The lowest BCUT2D eigenvalue weighted by Gasteiger charge is -2.36. The first kappa shape index (κ1) is 15.4. The molecule has 0 aliphatic carbocycles. The van der Waals surface area contributed by atoms with Gasteiger partial charge < -0.3 is 10.0 Å². The van der Waals surface area contributed by atoms with Crippen molar-refractivity contribution < 1.29 is 14.8 Å². The predicted molar refractivity (Wildman–Crippen MR) is 78.8 cm³/mol. The van der Waals surface area contributed by atoms with Crippen LogP contribution < -0.4 is 4.90 Å². The van der Waals surface area contributed by atoms with Crippen LogP contribution in [-0.2, 0) is 0 Å². The third-order valence-corrected chi connectivity index (χ3v) is 3.70. The molecule has 0 spiro atoms. The Morgan fingerprint density at radius 2 is 2.00 bits per heavy atom. The first-order chi connectivity index (χ1) is 10.0. The summed E-state index contributed by atoms with van der Waals surface area (Å²) in [5.41, 5.74) is 1.07. The van der Waals surface area contributed by atoms with Gasteiger partial charge in [-0.2, -0.15) is 0 Å². The summed E-state index contributed by atoms with van der Waals surface area (Å²) in [6.07, 6.45) is 0. The Kier molecular flexibility index (Phi) is 4.87. The van der Waals surface area contributed by atoms with Crippen molar-refractivity contribution in [3.05, 3.63) is 33.9 Å². The van der Waals surface area contributed by atoms with Crippen LogP contribution in [0, 0.1) is 10.1 Å². The number of piperazine rings is 1. The first-order valence-corrected chi connectivity index (χ1v) is 6.90. The van der Waals surface area contributed by atoms with Gasteiger partial charge in [0.1, 0.15) is 0 Å². The maximum Gasteiger partial charge on any atom is 0.270 e. The molecular weight excluding hydrogens is 274 g/mol. The molecule has 7 nitrogen and oxygen atoms in total. The van der Waals surface area contributed by atoms with Crippen molar-refractivity contribution in [1.82, 2.24) is 4.90 Å². The molecule has 1 aliphatic rings. The number of anilines is 1. The Labute approximate surface area is 122 Å². The Morgan fingerprint density at radius 3 is 2.52 bits per heavy atom. The van der Waals surface area contributed by atoms with E-state index in [1.807, 2.05) is 0 Å². The molecule has 114 valence electrons. The second kappa shape index (κ2) is 6.64. The van der Waals surface area contributed by atoms with E-state index in [4.69, 9.17) is 5.11 Å². The number of nitro benzene ring substituents is 1. The maximum absolute atomic E-state index is 11.8. The lowest BCUT2D eigenvalue weighted by atomic mass is 10.1. The molecule has 2 rings (SSSR count). The molecule has 1 fully saturated rings. The van der Waals surface area contributed by atoms with E-state index in [1.54, 1.807) is 6.07 Å². The van der Waals surface area contributed by atoms with Crippen LogP contribution >= 0.6 is 0 Å². The van der Waals surface area contributed by atoms with Gasteiger partial charge in [-0.15, -0.1) is 0 Å². The van der Waals surface area contributed by atoms with Crippen LogP contribution in [0.15, 0.2) is 18.2 Å². The smallest absolute Gasteiger partial charge is 0.270 e. The van der Waals surface area contributed by atoms with Crippen molar-refractivity contribution in [3.8, 4) is 0 Å². The number of rotatable bonds is 5. The third-order valence-electron chi connectivity index (χ3n) is 3.70. The van der Waals surface area contributed by atoms with E-state index in [9.17, 15) is 14.9 Å². The summed E-state index contributed by atoms with van der Waals surface area (Å²) in [5.74, 6) is -0.175. The van der Waals surface area contributed by atoms with Crippen LogP contribution in [0.4, 0.5) is 11.4 Å². The Hall–Kier alpha value is -1.99. The molecule has 1 aromatic carbocycles. The van der Waals surface area contributed by atoms with Gasteiger partial charge >= 0.3 is 0 Å². The van der Waals surface area contributed by atoms with Crippen LogP contribution in [0.25, 0.3) is 0 Å². The van der Waals surface area contributed by atoms with Crippen molar-refractivity contribution in [1.29, 1.82) is 0 Å². The Bertz CT molecular complexity index is 539. The van der Waals surface area contributed by atoms with E-state index >= 15 is 0 Å². The van der Waals surface area contributed by atoms with Crippen LogP contribution in [0.2, 0.25) is 0 Å². The van der Waals surface area contributed by atoms with Crippen molar-refractivity contribution >= 4 is 17.2 Å². The number of β-amino-alcohol motifs (C(OH)–C–C–N with tert-alkyl or cyclic N) is 1. The van der Waals surface area contributed by atoms with E-state index in [0.29, 0.717) is 12.1 Å². The third kappa shape index (κ3) is 3.56. The van der Waals surface area contributed by atoms with Gasteiger partial charge in [0.05, 0.1) is 11.5 Å². The summed E-state index contributed by atoms with van der Waals surface area (Å²) >= 11 is 0. The summed E-state index contributed by atoms with van der Waals surface area (Å²) in [6.45, 7) is 5.27. The van der Waals surface area contributed by atoms with E-state index in [1.165, 1.54) is 19.1 Å². The predicted octanol–water partition coefficient (Wildman–Crippen LogP) is 0.912. The molecule has 0 atom stereocenters. The largest absolute Gasteiger partial charge is 0.395 e. The number of hydrogen-bond donors (Lipinski definition) is 1. The van der Waals surface area contributed by atoms with Crippen molar-refractivity contribution in [2.45, 2.75) is 6.92 Å². The molecule has 0 bridgehead atoms. The zero-order valence-corrected chi connectivity index (χ0v) is 12.0. The number of hydrogen-bond acceptors (Lipinski definition) is 6. The minimum Gasteiger partial charge on any atom is -0.395 e. The molecular formula is C14H19N3O4. The number of aliphatic hydroxyl groups excluding tert-OH is 1. The normalized spacial score (nSPS) is 16.0. The fourth-order valence-corrected chi connectivity index (χ4v) is 2.55. The highest BCUT2D eigenvalue weighted by molar-refractivity contribution is 6.00. The van der Waals surface area contributed by atoms with Crippen LogP contribution in [0.5, 0.6) is 0 Å². The molecule has 7 heteroatoms. The zero-order chi connectivity index (χ0) is 15.4. The van der Waals surface area contributed by atoms with Gasteiger partial charge in [0, 0.05) is 56.1 Å². The molecule has 0 saturated carbocycles. The number of ketones is 1. The van der Waals surface area contributed by atoms with Gasteiger partial charge in [0.15, 0.2) is 5.78 Å². The van der Waals surface area contributed by atoms with Gasteiger partial charge in [-0.25, -0.2) is 0 Å². The van der Waals surface area contributed by atoms with E-state index in [-0.39, 0.29) is 18.1 Å². The molecule has 0 aromatic heterocycles. The second-order valence-corrected chi connectivity index (χ2v) is 5.07. The highest BCUT2D eigenvalue weighted by atomic mass is 16.6. The van der Waals surface area contributed by atoms with Gasteiger partial charge in [0.25, 0.3) is 5.69 Å². The minimum absolute atomic E-state index is 0.0668. The molecule has 0 amide bonds. The number of aliphatic hydroxyl groups is 1. The number of nitrogens with zero attached hydrogens (tertiary/aromatic N) is 3. The highest BCUT2D eigenvalue weighted by Gasteiger charge is 2.22. The Balaban J connectivity index is 2.20. The van der Waals surface area contributed by atoms with E-state index in [0.717, 1.165) is 31.9 Å². The average Bonchev–Trinajstić information content (AvgIpc) is 2.47. The number of carbonyl (C=O) groups is 1. The van der Waals surface area contributed by atoms with Gasteiger partial charge in [-0.1, -0.05) is 0 Å². The van der Waals surface area contributed by atoms with Crippen LogP contribution in [-0.4, -0.2) is 60.0 Å². The van der Waals surface area contributed by atoms with Crippen LogP contribution in [0.3, 0.4) is 0 Å². The van der Waals surface area contributed by atoms with Gasteiger partial charge in [-0.3, -0.25) is 19.8 Å². The fraction of sp³-hybridized carbons (Fsp3) is 0.500. The number of carbonyl (C=O) groups excluding carboxylic acids is 1. The quantitative estimate of drug-likeness (QED) is 0.493. The van der Waals surface area contributed by atoms with Crippen LogP contribution in [0.1, 0.15) is 17.3 Å².